The van der Waals surface area contributed by atoms with Gasteiger partial charge in [0.1, 0.15) is 12.0 Å². The molecule has 2 heterocycles. The van der Waals surface area contributed by atoms with E-state index >= 15 is 0 Å². The fourth-order valence-electron chi connectivity index (χ4n) is 10.6. The van der Waals surface area contributed by atoms with E-state index < -0.39 is 16.6 Å². The van der Waals surface area contributed by atoms with E-state index in [1.165, 1.54) is 0 Å². The number of piperidine rings is 1. The molecule has 0 amide bonds. The first kappa shape index (κ1) is 16.3. The monoisotopic (exact) mass is 373 g/mol. The molecule has 2 spiro atoms. The second-order valence-electron chi connectivity index (χ2n) is 11.7. The van der Waals surface area contributed by atoms with Gasteiger partial charge in [0, 0.05) is 41.2 Å². The molecule has 8 rings (SSSR count). The summed E-state index contributed by atoms with van der Waals surface area (Å²) < 4.78 is 6.29. The van der Waals surface area contributed by atoms with Gasteiger partial charge in [-0.2, -0.15) is 0 Å². The lowest BCUT2D eigenvalue weighted by molar-refractivity contribution is -0.302. The maximum absolute atomic E-state index is 13.8. The maximum atomic E-state index is 13.8. The first-order valence-electron chi connectivity index (χ1n) is 11.1. The van der Waals surface area contributed by atoms with Crippen LogP contribution in [0, 0.1) is 34.0 Å². The highest BCUT2D eigenvalue weighted by atomic mass is 16.5. The van der Waals surface area contributed by atoms with E-state index in [4.69, 9.17) is 4.74 Å². The lowest BCUT2D eigenvalue weighted by Gasteiger charge is -2.71. The molecule has 0 aromatic heterocycles. The van der Waals surface area contributed by atoms with Gasteiger partial charge in [0.15, 0.2) is 0 Å². The molecule has 8 fully saturated rings. The summed E-state index contributed by atoms with van der Waals surface area (Å²) in [6.07, 6.45) is 5.81. The van der Waals surface area contributed by atoms with Crippen LogP contribution in [0.2, 0.25) is 0 Å². The number of aliphatic hydroxyl groups is 2. The van der Waals surface area contributed by atoms with Crippen molar-refractivity contribution < 1.29 is 19.7 Å². The second kappa shape index (κ2) is 4.19. The van der Waals surface area contributed by atoms with Crippen LogP contribution in [-0.4, -0.2) is 57.5 Å². The summed E-state index contributed by atoms with van der Waals surface area (Å²) in [6, 6.07) is 0.251. The molecule has 6 saturated carbocycles. The van der Waals surface area contributed by atoms with E-state index in [9.17, 15) is 15.0 Å². The molecule has 27 heavy (non-hydrogen) atoms. The smallest absolute Gasteiger partial charge is 0.138 e. The van der Waals surface area contributed by atoms with Gasteiger partial charge >= 0.3 is 0 Å². The topological polar surface area (TPSA) is 70.0 Å². The van der Waals surface area contributed by atoms with E-state index in [1.807, 2.05) is 6.92 Å². The third-order valence-corrected chi connectivity index (χ3v) is 11.0. The minimum atomic E-state index is -0.797. The molecule has 0 aromatic rings. The molecule has 0 aromatic carbocycles. The van der Waals surface area contributed by atoms with Gasteiger partial charge in [0.25, 0.3) is 0 Å². The van der Waals surface area contributed by atoms with Crippen LogP contribution in [0.15, 0.2) is 0 Å². The molecule has 2 N–H and O–H groups in total. The molecule has 8 aliphatic rings. The lowest BCUT2D eigenvalue weighted by Crippen LogP contribution is -2.77. The first-order valence-corrected chi connectivity index (χ1v) is 11.1. The third-order valence-electron chi connectivity index (χ3n) is 11.0. The van der Waals surface area contributed by atoms with Crippen molar-refractivity contribution >= 4 is 5.78 Å². The average Bonchev–Trinajstić information content (AvgIpc) is 3.05. The Labute approximate surface area is 160 Å². The van der Waals surface area contributed by atoms with Gasteiger partial charge in [-0.1, -0.05) is 13.3 Å². The summed E-state index contributed by atoms with van der Waals surface area (Å²) in [6.45, 7) is 5.89. The summed E-state index contributed by atoms with van der Waals surface area (Å²) in [5.41, 5.74) is -2.49. The average molecular weight is 373 g/mol. The summed E-state index contributed by atoms with van der Waals surface area (Å²) in [5, 5.41) is 23.7. The summed E-state index contributed by atoms with van der Waals surface area (Å²) in [5.74, 6) is 0.759. The van der Waals surface area contributed by atoms with E-state index in [1.54, 1.807) is 0 Å². The van der Waals surface area contributed by atoms with Gasteiger partial charge in [-0.15, -0.1) is 0 Å². The van der Waals surface area contributed by atoms with Gasteiger partial charge in [-0.25, -0.2) is 0 Å². The molecule has 148 valence electrons. The SMILES string of the molecule is C[C@@]12CCC[C@@]34[C@@H]1C(=O)C[C@@]15C[C@@](C)(O)[C@@H](C[C@@H]1[C@H]3N1CCO[C@@H]12)C[C@]54O. The van der Waals surface area contributed by atoms with Gasteiger partial charge in [-0.05, 0) is 50.9 Å². The van der Waals surface area contributed by atoms with Crippen molar-refractivity contribution in [2.24, 2.45) is 34.0 Å². The molecule has 5 nitrogen and oxygen atoms in total. The van der Waals surface area contributed by atoms with Crippen LogP contribution in [0.3, 0.4) is 0 Å². The van der Waals surface area contributed by atoms with Gasteiger partial charge < -0.3 is 14.9 Å². The van der Waals surface area contributed by atoms with Crippen molar-refractivity contribution in [1.82, 2.24) is 4.90 Å². The van der Waals surface area contributed by atoms with Crippen molar-refractivity contribution in [2.45, 2.75) is 82.3 Å². The molecule has 6 aliphatic carbocycles. The zero-order chi connectivity index (χ0) is 18.6. The number of ether oxygens (including phenoxy) is 1. The lowest BCUT2D eigenvalue weighted by atomic mass is 9.36. The molecule has 6 bridgehead atoms. The fourth-order valence-corrected chi connectivity index (χ4v) is 10.6. The number of carbonyl (C=O) groups is 1. The number of nitrogens with zero attached hydrogens (tertiary/aromatic N) is 1. The standard InChI is InChI=1S/C22H31NO4/c1-18-4-3-5-21-15(18)14(24)10-20-11-19(2,25)12(9-22(20,21)26)8-13(20)16(21)23-6-7-27-17(18)23/h12-13,15-17,25-26H,3-11H2,1-2H3/t12-,13+,15+,16+,17+,18+,19+,20+,21+,22-/m0/s1. The predicted octanol–water partition coefficient (Wildman–Crippen LogP) is 1.70. The van der Waals surface area contributed by atoms with Crippen molar-refractivity contribution in [1.29, 1.82) is 0 Å². The van der Waals surface area contributed by atoms with E-state index in [0.29, 0.717) is 31.0 Å². The Morgan fingerprint density at radius 2 is 2.04 bits per heavy atom. The Kier molecular flexibility index (Phi) is 2.53. The number of rotatable bonds is 0. The molecular weight excluding hydrogens is 342 g/mol. The number of carbonyl (C=O) groups excluding carboxylic acids is 1. The third kappa shape index (κ3) is 1.32. The minimum absolute atomic E-state index is 0.0296. The largest absolute Gasteiger partial charge is 0.390 e. The Balaban J connectivity index is 1.55. The van der Waals surface area contributed by atoms with Crippen LogP contribution in [0.25, 0.3) is 0 Å². The summed E-state index contributed by atoms with van der Waals surface area (Å²) in [7, 11) is 0. The number of hydrogen-bond acceptors (Lipinski definition) is 5. The fraction of sp³-hybridized carbons (Fsp3) is 0.955. The zero-order valence-electron chi connectivity index (χ0n) is 16.4. The quantitative estimate of drug-likeness (QED) is 0.676. The van der Waals surface area contributed by atoms with Crippen molar-refractivity contribution in [2.75, 3.05) is 13.2 Å². The second-order valence-corrected chi connectivity index (χ2v) is 11.7. The van der Waals surface area contributed by atoms with Crippen molar-refractivity contribution in [3.05, 3.63) is 0 Å². The van der Waals surface area contributed by atoms with Crippen molar-refractivity contribution in [3.63, 3.8) is 0 Å². The molecule has 0 radical (unpaired) electrons. The minimum Gasteiger partial charge on any atom is -0.390 e. The Hall–Kier alpha value is -0.490. The van der Waals surface area contributed by atoms with Crippen LogP contribution < -0.4 is 0 Å². The molecule has 2 saturated heterocycles. The number of fused-ring (bicyclic) bond motifs is 4. The molecule has 10 atom stereocenters. The van der Waals surface area contributed by atoms with Gasteiger partial charge in [-0.3, -0.25) is 9.69 Å². The highest BCUT2D eigenvalue weighted by molar-refractivity contribution is 5.87. The summed E-state index contributed by atoms with van der Waals surface area (Å²) in [4.78, 5) is 16.3. The van der Waals surface area contributed by atoms with Crippen LogP contribution in [0.5, 0.6) is 0 Å². The van der Waals surface area contributed by atoms with Gasteiger partial charge in [0.05, 0.1) is 17.8 Å². The Morgan fingerprint density at radius 3 is 2.85 bits per heavy atom. The highest BCUT2D eigenvalue weighted by Gasteiger charge is 2.90. The molecule has 2 aliphatic heterocycles. The molecule has 5 heteroatoms. The van der Waals surface area contributed by atoms with Crippen LogP contribution >= 0.6 is 0 Å². The Bertz CT molecular complexity index is 782. The first-order chi connectivity index (χ1) is 12.7. The highest BCUT2D eigenvalue weighted by Crippen LogP contribution is 2.84. The number of Topliss-reactive ketones (excluding diaryl/α,β-unsaturated/α-hetero) is 1. The number of hydrogen-bond donors (Lipinski definition) is 2. The Morgan fingerprint density at radius 1 is 1.22 bits per heavy atom. The predicted molar refractivity (Wildman–Crippen MR) is 96.6 cm³/mol. The summed E-state index contributed by atoms with van der Waals surface area (Å²) >= 11 is 0. The van der Waals surface area contributed by atoms with Crippen LogP contribution in [0.4, 0.5) is 0 Å². The molecule has 0 unspecified atom stereocenters. The normalized spacial score (nSPS) is 68.3. The molecular formula is C22H31NO4. The van der Waals surface area contributed by atoms with E-state index in [2.05, 4.69) is 11.8 Å². The van der Waals surface area contributed by atoms with Crippen LogP contribution in [-0.2, 0) is 9.53 Å². The number of ketones is 1. The zero-order valence-corrected chi connectivity index (χ0v) is 16.4. The van der Waals surface area contributed by atoms with E-state index in [-0.39, 0.29) is 34.9 Å². The van der Waals surface area contributed by atoms with E-state index in [0.717, 1.165) is 38.8 Å². The van der Waals surface area contributed by atoms with Gasteiger partial charge in [0.2, 0.25) is 0 Å². The van der Waals surface area contributed by atoms with Crippen molar-refractivity contribution in [3.8, 4) is 0 Å². The van der Waals surface area contributed by atoms with Crippen LogP contribution in [0.1, 0.15) is 58.8 Å². The maximum Gasteiger partial charge on any atom is 0.138 e.